The van der Waals surface area contributed by atoms with Crippen LogP contribution in [0, 0.1) is 17.8 Å². The molecule has 0 bridgehead atoms. The lowest BCUT2D eigenvalue weighted by molar-refractivity contribution is 0.113. The van der Waals surface area contributed by atoms with E-state index in [0.717, 1.165) is 68.3 Å². The van der Waals surface area contributed by atoms with Crippen LogP contribution in [-0.2, 0) is 6.42 Å². The standard InChI is InChI=1S/C35H52N4OS/c1-6-38(7-2)31(25-28-15-17-29(18-16-28)33(37(4)5)32-14-11-23-41-32)34-36-30(24-27-12-9-8-10-13-27)35(40-34)39-21-19-26(3)20-22-39/h8-14,23,26,28-29,31,33H,6-7,15-22,24-25H2,1-5H3. The van der Waals surface area contributed by atoms with Crippen LogP contribution in [0.2, 0.25) is 0 Å². The first-order valence-corrected chi connectivity index (χ1v) is 17.1. The quantitative estimate of drug-likeness (QED) is 0.216. The van der Waals surface area contributed by atoms with Crippen LogP contribution in [0.4, 0.5) is 5.88 Å². The summed E-state index contributed by atoms with van der Waals surface area (Å²) in [5, 5.41) is 2.23. The van der Waals surface area contributed by atoms with Gasteiger partial charge in [0.2, 0.25) is 11.8 Å². The molecule has 2 aromatic heterocycles. The number of nitrogens with zero attached hydrogens (tertiary/aromatic N) is 4. The van der Waals surface area contributed by atoms with Gasteiger partial charge in [-0.05, 0) is 94.1 Å². The molecular formula is C35H52N4OS. The Morgan fingerprint density at radius 3 is 2.27 bits per heavy atom. The zero-order chi connectivity index (χ0) is 28.8. The molecule has 0 radical (unpaired) electrons. The molecule has 41 heavy (non-hydrogen) atoms. The van der Waals surface area contributed by atoms with Gasteiger partial charge in [0.05, 0.1) is 6.04 Å². The second-order valence-corrected chi connectivity index (χ2v) is 13.8. The highest BCUT2D eigenvalue weighted by atomic mass is 32.1. The van der Waals surface area contributed by atoms with Gasteiger partial charge >= 0.3 is 0 Å². The van der Waals surface area contributed by atoms with Gasteiger partial charge in [-0.1, -0.05) is 70.0 Å². The second-order valence-electron chi connectivity index (χ2n) is 12.8. The van der Waals surface area contributed by atoms with E-state index in [4.69, 9.17) is 9.40 Å². The van der Waals surface area contributed by atoms with Gasteiger partial charge in [0.25, 0.3) is 0 Å². The number of benzene rings is 1. The Labute approximate surface area is 252 Å². The third kappa shape index (κ3) is 7.44. The number of hydrogen-bond acceptors (Lipinski definition) is 6. The highest BCUT2D eigenvalue weighted by molar-refractivity contribution is 7.10. The van der Waals surface area contributed by atoms with E-state index in [2.05, 4.69) is 97.4 Å². The fraction of sp³-hybridized carbons (Fsp3) is 0.629. The summed E-state index contributed by atoms with van der Waals surface area (Å²) in [5.74, 6) is 4.21. The van der Waals surface area contributed by atoms with E-state index in [-0.39, 0.29) is 6.04 Å². The van der Waals surface area contributed by atoms with Crippen molar-refractivity contribution in [2.75, 3.05) is 45.2 Å². The number of thiophene rings is 1. The molecule has 2 atom stereocenters. The van der Waals surface area contributed by atoms with Gasteiger partial charge in [0.1, 0.15) is 5.69 Å². The number of oxazole rings is 1. The maximum atomic E-state index is 6.86. The summed E-state index contributed by atoms with van der Waals surface area (Å²) in [7, 11) is 4.51. The lowest BCUT2D eigenvalue weighted by Crippen LogP contribution is -2.33. The fourth-order valence-corrected chi connectivity index (χ4v) is 8.38. The molecule has 1 saturated carbocycles. The molecule has 0 N–H and O–H groups in total. The van der Waals surface area contributed by atoms with Crippen molar-refractivity contribution in [2.24, 2.45) is 17.8 Å². The van der Waals surface area contributed by atoms with Gasteiger partial charge in [-0.25, -0.2) is 4.98 Å². The predicted octanol–water partition coefficient (Wildman–Crippen LogP) is 8.45. The molecule has 6 heteroatoms. The van der Waals surface area contributed by atoms with Crippen LogP contribution in [0.1, 0.15) is 99.8 Å². The Morgan fingerprint density at radius 2 is 1.66 bits per heavy atom. The van der Waals surface area contributed by atoms with Crippen molar-refractivity contribution in [2.45, 2.75) is 84.2 Å². The molecule has 5 nitrogen and oxygen atoms in total. The van der Waals surface area contributed by atoms with Gasteiger partial charge in [0.15, 0.2) is 0 Å². The van der Waals surface area contributed by atoms with Crippen molar-refractivity contribution < 1.29 is 4.42 Å². The van der Waals surface area contributed by atoms with E-state index in [1.54, 1.807) is 0 Å². The minimum absolute atomic E-state index is 0.237. The van der Waals surface area contributed by atoms with Gasteiger partial charge in [-0.15, -0.1) is 11.3 Å². The van der Waals surface area contributed by atoms with Gasteiger partial charge in [-0.2, -0.15) is 0 Å². The minimum Gasteiger partial charge on any atom is -0.423 e. The largest absolute Gasteiger partial charge is 0.423 e. The zero-order valence-corrected chi connectivity index (χ0v) is 26.9. The number of hydrogen-bond donors (Lipinski definition) is 0. The Hall–Kier alpha value is -2.15. The lowest BCUT2D eigenvalue weighted by Gasteiger charge is -2.38. The van der Waals surface area contributed by atoms with E-state index in [1.807, 2.05) is 11.3 Å². The minimum atomic E-state index is 0.237. The van der Waals surface area contributed by atoms with Crippen molar-refractivity contribution in [3.63, 3.8) is 0 Å². The third-order valence-corrected chi connectivity index (χ3v) is 10.7. The molecule has 2 unspecified atom stereocenters. The fourth-order valence-electron chi connectivity index (χ4n) is 7.36. The molecule has 0 spiro atoms. The smallest absolute Gasteiger partial charge is 0.219 e. The summed E-state index contributed by atoms with van der Waals surface area (Å²) >= 11 is 1.91. The van der Waals surface area contributed by atoms with Gasteiger partial charge < -0.3 is 14.2 Å². The topological polar surface area (TPSA) is 35.8 Å². The van der Waals surface area contributed by atoms with E-state index < -0.39 is 0 Å². The molecule has 3 aromatic rings. The lowest BCUT2D eigenvalue weighted by atomic mass is 9.75. The van der Waals surface area contributed by atoms with Crippen molar-refractivity contribution in [3.8, 4) is 0 Å². The Morgan fingerprint density at radius 1 is 0.951 bits per heavy atom. The monoisotopic (exact) mass is 576 g/mol. The van der Waals surface area contributed by atoms with Crippen molar-refractivity contribution in [1.82, 2.24) is 14.8 Å². The summed E-state index contributed by atoms with van der Waals surface area (Å²) in [6, 6.07) is 16.1. The molecule has 0 amide bonds. The Kier molecular flexibility index (Phi) is 10.6. The normalized spacial score (nSPS) is 22.0. The summed E-state index contributed by atoms with van der Waals surface area (Å²) < 4.78 is 6.86. The van der Waals surface area contributed by atoms with Crippen LogP contribution in [0.5, 0.6) is 0 Å². The van der Waals surface area contributed by atoms with E-state index in [1.165, 1.54) is 49.0 Å². The van der Waals surface area contributed by atoms with Crippen LogP contribution in [0.25, 0.3) is 0 Å². The SMILES string of the molecule is CCN(CC)C(CC1CCC(C(c2cccs2)N(C)C)CC1)c1nc(Cc2ccccc2)c(N2CCC(C)CC2)o1. The number of rotatable bonds is 12. The average Bonchev–Trinajstić information content (AvgIpc) is 3.66. The summed E-state index contributed by atoms with van der Waals surface area (Å²) in [6.07, 6.45) is 9.63. The average molecular weight is 577 g/mol. The van der Waals surface area contributed by atoms with Crippen LogP contribution in [0.15, 0.2) is 52.3 Å². The molecule has 3 heterocycles. The summed E-state index contributed by atoms with van der Waals surface area (Å²) in [4.78, 5) is 14.4. The van der Waals surface area contributed by atoms with Crippen molar-refractivity contribution >= 4 is 17.2 Å². The molecule has 1 saturated heterocycles. The first-order valence-electron chi connectivity index (χ1n) is 16.2. The summed E-state index contributed by atoms with van der Waals surface area (Å²) in [6.45, 7) is 11.1. The van der Waals surface area contributed by atoms with E-state index in [9.17, 15) is 0 Å². The highest BCUT2D eigenvalue weighted by Crippen LogP contribution is 2.44. The van der Waals surface area contributed by atoms with Crippen LogP contribution in [-0.4, -0.2) is 55.1 Å². The first kappa shape index (κ1) is 30.3. The molecule has 1 aromatic carbocycles. The van der Waals surface area contributed by atoms with Crippen LogP contribution < -0.4 is 4.90 Å². The molecule has 5 rings (SSSR count). The molecule has 1 aliphatic carbocycles. The molecule has 1 aliphatic heterocycles. The maximum Gasteiger partial charge on any atom is 0.219 e. The van der Waals surface area contributed by atoms with E-state index in [0.29, 0.717) is 12.0 Å². The maximum absolute atomic E-state index is 6.86. The number of anilines is 1. The molecule has 224 valence electrons. The second kappa shape index (κ2) is 14.3. The molecular weight excluding hydrogens is 524 g/mol. The Balaban J connectivity index is 1.35. The Bertz CT molecular complexity index is 1160. The highest BCUT2D eigenvalue weighted by Gasteiger charge is 2.35. The molecule has 2 aliphatic rings. The van der Waals surface area contributed by atoms with E-state index >= 15 is 0 Å². The van der Waals surface area contributed by atoms with Crippen LogP contribution >= 0.6 is 11.3 Å². The van der Waals surface area contributed by atoms with Crippen LogP contribution in [0.3, 0.4) is 0 Å². The van der Waals surface area contributed by atoms with Gasteiger partial charge in [-0.3, -0.25) is 4.90 Å². The van der Waals surface area contributed by atoms with Gasteiger partial charge in [0, 0.05) is 30.4 Å². The first-order chi connectivity index (χ1) is 20.0. The van der Waals surface area contributed by atoms with Crippen molar-refractivity contribution in [3.05, 3.63) is 69.9 Å². The zero-order valence-electron chi connectivity index (χ0n) is 26.1. The third-order valence-electron chi connectivity index (χ3n) is 9.80. The predicted molar refractivity (Wildman–Crippen MR) is 173 cm³/mol. The van der Waals surface area contributed by atoms with Crippen molar-refractivity contribution in [1.29, 1.82) is 0 Å². The molecule has 2 fully saturated rings. The number of aromatic nitrogens is 1. The number of piperidine rings is 1. The summed E-state index contributed by atoms with van der Waals surface area (Å²) in [5.41, 5.74) is 2.42.